The molecule has 0 heterocycles. The largest absolute Gasteiger partial charge is 0.352 e. The minimum absolute atomic E-state index is 0.0573. The molecular weight excluding hydrogens is 430 g/mol. The number of amides is 1. The van der Waals surface area contributed by atoms with E-state index >= 15 is 0 Å². The summed E-state index contributed by atoms with van der Waals surface area (Å²) in [6.07, 6.45) is 2.51. The molecule has 3 N–H and O–H groups in total. The Morgan fingerprint density at radius 1 is 0.829 bits per heavy atom. The normalized spacial score (nSPS) is 11.4. The molecule has 1 atom stereocenters. The van der Waals surface area contributed by atoms with Crippen LogP contribution >= 0.6 is 0 Å². The van der Waals surface area contributed by atoms with Crippen molar-refractivity contribution in [2.24, 2.45) is 5.73 Å². The fraction of sp³-hybridized carbons (Fsp3) is 0.161. The SMILES string of the molecule is N#Cc1cccc(CC(N)c2ccc(-c3cccc(C(=O)NCCCc4ccccc4)c3)cc2)c1. The van der Waals surface area contributed by atoms with Gasteiger partial charge >= 0.3 is 0 Å². The predicted octanol–water partition coefficient (Wildman–Crippen LogP) is 5.83. The molecular formula is C31H29N3O. The van der Waals surface area contributed by atoms with Gasteiger partial charge in [-0.05, 0) is 71.3 Å². The quantitative estimate of drug-likeness (QED) is 0.309. The number of carbonyl (C=O) groups is 1. The van der Waals surface area contributed by atoms with Gasteiger partial charge in [0.1, 0.15) is 0 Å². The van der Waals surface area contributed by atoms with Gasteiger partial charge in [0.05, 0.1) is 11.6 Å². The lowest BCUT2D eigenvalue weighted by Gasteiger charge is -2.13. The molecule has 0 spiro atoms. The minimum Gasteiger partial charge on any atom is -0.352 e. The zero-order chi connectivity index (χ0) is 24.5. The van der Waals surface area contributed by atoms with Gasteiger partial charge in [0, 0.05) is 18.2 Å². The molecule has 0 aromatic heterocycles. The molecule has 4 nitrogen and oxygen atoms in total. The highest BCUT2D eigenvalue weighted by atomic mass is 16.1. The van der Waals surface area contributed by atoms with Gasteiger partial charge in [-0.15, -0.1) is 0 Å². The summed E-state index contributed by atoms with van der Waals surface area (Å²) >= 11 is 0. The molecule has 4 aromatic rings. The molecule has 0 aliphatic heterocycles. The Morgan fingerprint density at radius 2 is 1.57 bits per heavy atom. The number of rotatable bonds is 9. The van der Waals surface area contributed by atoms with Crippen molar-refractivity contribution < 1.29 is 4.79 Å². The van der Waals surface area contributed by atoms with E-state index in [0.717, 1.165) is 35.1 Å². The average molecular weight is 460 g/mol. The first kappa shape index (κ1) is 23.9. The van der Waals surface area contributed by atoms with Crippen LogP contribution in [0.4, 0.5) is 0 Å². The Labute approximate surface area is 207 Å². The maximum Gasteiger partial charge on any atom is 0.251 e. The molecule has 174 valence electrons. The third-order valence-electron chi connectivity index (χ3n) is 6.08. The van der Waals surface area contributed by atoms with Crippen molar-refractivity contribution in [2.45, 2.75) is 25.3 Å². The molecule has 0 bridgehead atoms. The third-order valence-corrected chi connectivity index (χ3v) is 6.08. The second kappa shape index (κ2) is 11.8. The summed E-state index contributed by atoms with van der Waals surface area (Å²) in [5.41, 5.74) is 13.1. The summed E-state index contributed by atoms with van der Waals surface area (Å²) in [6.45, 7) is 0.641. The second-order valence-corrected chi connectivity index (χ2v) is 8.67. The number of hydrogen-bond acceptors (Lipinski definition) is 3. The summed E-state index contributed by atoms with van der Waals surface area (Å²) in [4.78, 5) is 12.7. The Hall–Kier alpha value is -4.20. The monoisotopic (exact) mass is 459 g/mol. The van der Waals surface area contributed by atoms with E-state index in [9.17, 15) is 4.79 Å². The molecule has 1 amide bonds. The van der Waals surface area contributed by atoms with E-state index in [1.54, 1.807) is 6.07 Å². The molecule has 4 aromatic carbocycles. The van der Waals surface area contributed by atoms with E-state index in [2.05, 4.69) is 23.5 Å². The summed E-state index contributed by atoms with van der Waals surface area (Å²) < 4.78 is 0. The first-order valence-corrected chi connectivity index (χ1v) is 11.9. The maximum absolute atomic E-state index is 12.7. The fourth-order valence-electron chi connectivity index (χ4n) is 4.14. The molecule has 4 heteroatoms. The summed E-state index contributed by atoms with van der Waals surface area (Å²) in [5.74, 6) is -0.0573. The zero-order valence-electron chi connectivity index (χ0n) is 19.7. The highest BCUT2D eigenvalue weighted by Crippen LogP contribution is 2.24. The Morgan fingerprint density at radius 3 is 2.34 bits per heavy atom. The molecule has 0 fully saturated rings. The van der Waals surface area contributed by atoms with Gasteiger partial charge < -0.3 is 11.1 Å². The van der Waals surface area contributed by atoms with Crippen molar-refractivity contribution in [2.75, 3.05) is 6.54 Å². The van der Waals surface area contributed by atoms with Crippen LogP contribution in [0, 0.1) is 11.3 Å². The zero-order valence-corrected chi connectivity index (χ0v) is 19.7. The van der Waals surface area contributed by atoms with Crippen molar-refractivity contribution in [3.63, 3.8) is 0 Å². The lowest BCUT2D eigenvalue weighted by molar-refractivity contribution is 0.0953. The van der Waals surface area contributed by atoms with E-state index < -0.39 is 0 Å². The molecule has 35 heavy (non-hydrogen) atoms. The number of aryl methyl sites for hydroxylation is 1. The number of benzene rings is 4. The topological polar surface area (TPSA) is 78.9 Å². The molecule has 0 saturated heterocycles. The number of nitriles is 1. The molecule has 0 aliphatic rings. The first-order valence-electron chi connectivity index (χ1n) is 11.9. The van der Waals surface area contributed by atoms with Gasteiger partial charge in [-0.25, -0.2) is 0 Å². The molecule has 0 aliphatic carbocycles. The highest BCUT2D eigenvalue weighted by Gasteiger charge is 2.10. The van der Waals surface area contributed by atoms with Crippen molar-refractivity contribution in [3.8, 4) is 17.2 Å². The van der Waals surface area contributed by atoms with Crippen LogP contribution in [-0.2, 0) is 12.8 Å². The van der Waals surface area contributed by atoms with E-state index in [-0.39, 0.29) is 11.9 Å². The average Bonchev–Trinajstić information content (AvgIpc) is 2.92. The molecule has 0 radical (unpaired) electrons. The van der Waals surface area contributed by atoms with Crippen LogP contribution in [0.3, 0.4) is 0 Å². The van der Waals surface area contributed by atoms with E-state index in [4.69, 9.17) is 11.0 Å². The summed E-state index contributed by atoms with van der Waals surface area (Å²) in [6, 6.07) is 35.7. The van der Waals surface area contributed by atoms with Crippen molar-refractivity contribution in [1.29, 1.82) is 5.26 Å². The van der Waals surface area contributed by atoms with Gasteiger partial charge in [0.2, 0.25) is 0 Å². The second-order valence-electron chi connectivity index (χ2n) is 8.67. The van der Waals surface area contributed by atoms with Gasteiger partial charge in [-0.1, -0.05) is 78.9 Å². The Kier molecular flexibility index (Phi) is 8.06. The lowest BCUT2D eigenvalue weighted by Crippen LogP contribution is -2.24. The lowest BCUT2D eigenvalue weighted by atomic mass is 9.96. The van der Waals surface area contributed by atoms with Crippen LogP contribution in [0.25, 0.3) is 11.1 Å². The van der Waals surface area contributed by atoms with Crippen molar-refractivity contribution in [3.05, 3.63) is 131 Å². The van der Waals surface area contributed by atoms with Crippen LogP contribution < -0.4 is 11.1 Å². The molecule has 0 saturated carbocycles. The van der Waals surface area contributed by atoms with E-state index in [1.165, 1.54) is 5.56 Å². The van der Waals surface area contributed by atoms with Gasteiger partial charge in [-0.3, -0.25) is 4.79 Å². The van der Waals surface area contributed by atoms with Crippen LogP contribution in [0.2, 0.25) is 0 Å². The number of nitrogens with two attached hydrogens (primary N) is 1. The number of nitrogens with zero attached hydrogens (tertiary/aromatic N) is 1. The van der Waals surface area contributed by atoms with Gasteiger partial charge in [0.25, 0.3) is 5.91 Å². The first-order chi connectivity index (χ1) is 17.1. The number of nitrogens with one attached hydrogen (secondary N) is 1. The van der Waals surface area contributed by atoms with Crippen molar-refractivity contribution >= 4 is 5.91 Å². The smallest absolute Gasteiger partial charge is 0.251 e. The fourth-order valence-corrected chi connectivity index (χ4v) is 4.14. The van der Waals surface area contributed by atoms with E-state index in [1.807, 2.05) is 84.9 Å². The predicted molar refractivity (Wildman–Crippen MR) is 141 cm³/mol. The van der Waals surface area contributed by atoms with Gasteiger partial charge in [-0.2, -0.15) is 5.26 Å². The van der Waals surface area contributed by atoms with Crippen LogP contribution in [0.15, 0.2) is 103 Å². The molecule has 4 rings (SSSR count). The van der Waals surface area contributed by atoms with E-state index in [0.29, 0.717) is 24.1 Å². The number of carbonyl (C=O) groups excluding carboxylic acids is 1. The molecule has 1 unspecified atom stereocenters. The summed E-state index contributed by atoms with van der Waals surface area (Å²) in [7, 11) is 0. The van der Waals surface area contributed by atoms with Crippen LogP contribution in [-0.4, -0.2) is 12.5 Å². The minimum atomic E-state index is -0.161. The van der Waals surface area contributed by atoms with Crippen LogP contribution in [0.5, 0.6) is 0 Å². The van der Waals surface area contributed by atoms with Gasteiger partial charge in [0.15, 0.2) is 0 Å². The Bertz CT molecular complexity index is 1310. The number of hydrogen-bond donors (Lipinski definition) is 2. The standard InChI is InChI=1S/C31H29N3O/c32-22-25-10-4-9-24(19-25)20-30(33)27-16-14-26(15-17-27)28-12-5-13-29(21-28)31(35)34-18-6-11-23-7-2-1-3-8-23/h1-5,7-10,12-17,19,21,30H,6,11,18,20,33H2,(H,34,35). The highest BCUT2D eigenvalue weighted by molar-refractivity contribution is 5.95. The van der Waals surface area contributed by atoms with Crippen LogP contribution in [0.1, 0.15) is 45.1 Å². The summed E-state index contributed by atoms with van der Waals surface area (Å²) in [5, 5.41) is 12.1. The maximum atomic E-state index is 12.7. The van der Waals surface area contributed by atoms with Crippen molar-refractivity contribution in [1.82, 2.24) is 5.32 Å². The third kappa shape index (κ3) is 6.66. The Balaban J connectivity index is 1.35.